The maximum absolute atomic E-state index is 14.9. The summed E-state index contributed by atoms with van der Waals surface area (Å²) >= 11 is 0. The third-order valence-electron chi connectivity index (χ3n) is 6.69. The quantitative estimate of drug-likeness (QED) is 0.302. The first-order chi connectivity index (χ1) is 16.9. The van der Waals surface area contributed by atoms with Gasteiger partial charge in [-0.2, -0.15) is 0 Å². The summed E-state index contributed by atoms with van der Waals surface area (Å²) in [6, 6.07) is 6.29. The summed E-state index contributed by atoms with van der Waals surface area (Å²) in [4.78, 5) is 20.1. The molecule has 1 saturated carbocycles. The van der Waals surface area contributed by atoms with Gasteiger partial charge in [0.2, 0.25) is 5.91 Å². The fraction of sp³-hybridized carbons (Fsp3) is 0.462. The van der Waals surface area contributed by atoms with Gasteiger partial charge in [-0.3, -0.25) is 4.79 Å². The van der Waals surface area contributed by atoms with Gasteiger partial charge in [-0.15, -0.1) is 0 Å². The number of carbonyl (C=O) groups is 1. The predicted molar refractivity (Wildman–Crippen MR) is 133 cm³/mol. The molecule has 2 aromatic heterocycles. The van der Waals surface area contributed by atoms with Gasteiger partial charge in [0, 0.05) is 31.5 Å². The molecule has 0 aliphatic heterocycles. The molecule has 4 rings (SSSR count). The Morgan fingerprint density at radius 1 is 1.29 bits per heavy atom. The van der Waals surface area contributed by atoms with E-state index in [2.05, 4.69) is 20.6 Å². The molecule has 0 unspecified atom stereocenters. The molecule has 0 bridgehead atoms. The first-order valence-electron chi connectivity index (χ1n) is 12.2. The standard InChI is InChI=1S/C26H34FN5O3/c1-17-15-31-24-23(17)22(7-10-29-24)35-21-6-5-18(14-20(21)27)13-19(28)16-32-26(8-3-2-4-9-26)25(34)30-11-12-33/h5-7,10,14-15,19,32-33H,2-4,8-9,11-13,16,28H2,1H3,(H,29,31)(H,30,34)/t19-/m0/s1. The number of carbonyl (C=O) groups excluding carboxylic acids is 1. The normalized spacial score (nSPS) is 16.2. The van der Waals surface area contributed by atoms with Crippen LogP contribution in [-0.2, 0) is 11.2 Å². The topological polar surface area (TPSA) is 125 Å². The molecule has 0 spiro atoms. The molecule has 1 aliphatic rings. The molecule has 0 radical (unpaired) electrons. The van der Waals surface area contributed by atoms with E-state index in [0.717, 1.165) is 48.6 Å². The number of benzene rings is 1. The molecule has 0 saturated heterocycles. The van der Waals surface area contributed by atoms with Gasteiger partial charge in [0.15, 0.2) is 11.6 Å². The molecule has 9 heteroatoms. The average Bonchev–Trinajstić information content (AvgIpc) is 3.25. The number of aliphatic hydroxyl groups excluding tert-OH is 1. The highest BCUT2D eigenvalue weighted by molar-refractivity contribution is 5.87. The van der Waals surface area contributed by atoms with E-state index in [9.17, 15) is 9.18 Å². The first kappa shape index (κ1) is 25.1. The lowest BCUT2D eigenvalue weighted by Gasteiger charge is -2.37. The van der Waals surface area contributed by atoms with Crippen LogP contribution in [0.5, 0.6) is 11.5 Å². The molecule has 188 valence electrons. The average molecular weight is 484 g/mol. The Balaban J connectivity index is 1.39. The van der Waals surface area contributed by atoms with Crippen LogP contribution in [0.1, 0.15) is 43.2 Å². The molecule has 1 fully saturated rings. The molecule has 2 heterocycles. The minimum Gasteiger partial charge on any atom is -0.453 e. The van der Waals surface area contributed by atoms with Crippen molar-refractivity contribution in [3.8, 4) is 11.5 Å². The Morgan fingerprint density at radius 3 is 2.83 bits per heavy atom. The number of nitrogens with zero attached hydrogens (tertiary/aromatic N) is 1. The van der Waals surface area contributed by atoms with Gasteiger partial charge < -0.3 is 31.2 Å². The van der Waals surface area contributed by atoms with Gasteiger partial charge in [-0.1, -0.05) is 25.3 Å². The van der Waals surface area contributed by atoms with Crippen molar-refractivity contribution in [3.63, 3.8) is 0 Å². The predicted octanol–water partition coefficient (Wildman–Crippen LogP) is 3.07. The van der Waals surface area contributed by atoms with Crippen LogP contribution >= 0.6 is 0 Å². The van der Waals surface area contributed by atoms with Crippen LogP contribution < -0.4 is 21.1 Å². The van der Waals surface area contributed by atoms with Crippen LogP contribution in [0.4, 0.5) is 4.39 Å². The lowest BCUT2D eigenvalue weighted by Crippen LogP contribution is -2.60. The number of pyridine rings is 1. The van der Waals surface area contributed by atoms with E-state index in [1.165, 1.54) is 6.07 Å². The van der Waals surface area contributed by atoms with Crippen LogP contribution in [0.25, 0.3) is 11.0 Å². The second kappa shape index (κ2) is 11.2. The minimum absolute atomic E-state index is 0.0890. The van der Waals surface area contributed by atoms with Crippen LogP contribution in [0.15, 0.2) is 36.7 Å². The Labute approximate surface area is 204 Å². The molecule has 1 amide bonds. The number of amides is 1. The van der Waals surface area contributed by atoms with Crippen LogP contribution in [0, 0.1) is 12.7 Å². The number of ether oxygens (including phenoxy) is 1. The van der Waals surface area contributed by atoms with Crippen molar-refractivity contribution in [1.82, 2.24) is 20.6 Å². The maximum atomic E-state index is 14.9. The Hall–Kier alpha value is -3.01. The molecular weight excluding hydrogens is 449 g/mol. The van der Waals surface area contributed by atoms with Crippen LogP contribution in [0.2, 0.25) is 0 Å². The number of hydrogen-bond acceptors (Lipinski definition) is 6. The third-order valence-corrected chi connectivity index (χ3v) is 6.69. The van der Waals surface area contributed by atoms with E-state index in [1.807, 2.05) is 19.2 Å². The van der Waals surface area contributed by atoms with Gasteiger partial charge in [0.1, 0.15) is 11.4 Å². The highest BCUT2D eigenvalue weighted by Crippen LogP contribution is 2.32. The van der Waals surface area contributed by atoms with Gasteiger partial charge in [0.05, 0.1) is 17.5 Å². The summed E-state index contributed by atoms with van der Waals surface area (Å²) in [6.07, 6.45) is 8.42. The second-order valence-electron chi connectivity index (χ2n) is 9.34. The molecule has 35 heavy (non-hydrogen) atoms. The smallest absolute Gasteiger partial charge is 0.240 e. The van der Waals surface area contributed by atoms with Gasteiger partial charge in [-0.05, 0) is 55.5 Å². The summed E-state index contributed by atoms with van der Waals surface area (Å²) in [7, 11) is 0. The number of aliphatic hydroxyl groups is 1. The number of nitrogens with one attached hydrogen (secondary N) is 3. The van der Waals surface area contributed by atoms with Crippen LogP contribution in [-0.4, -0.2) is 52.3 Å². The zero-order valence-corrected chi connectivity index (χ0v) is 20.1. The molecule has 1 aromatic carbocycles. The van der Waals surface area contributed by atoms with Crippen molar-refractivity contribution in [2.75, 3.05) is 19.7 Å². The number of halogens is 1. The zero-order chi connectivity index (χ0) is 24.8. The van der Waals surface area contributed by atoms with Crippen molar-refractivity contribution in [2.45, 2.75) is 57.0 Å². The van der Waals surface area contributed by atoms with Crippen LogP contribution in [0.3, 0.4) is 0 Å². The van der Waals surface area contributed by atoms with Crippen molar-refractivity contribution >= 4 is 16.9 Å². The molecule has 3 aromatic rings. The fourth-order valence-electron chi connectivity index (χ4n) is 4.82. The van der Waals surface area contributed by atoms with Gasteiger partial charge in [0.25, 0.3) is 0 Å². The van der Waals surface area contributed by atoms with Gasteiger partial charge in [-0.25, -0.2) is 9.37 Å². The minimum atomic E-state index is -0.666. The summed E-state index contributed by atoms with van der Waals surface area (Å²) in [5.74, 6) is 0.121. The Kier molecular flexibility index (Phi) is 8.00. The summed E-state index contributed by atoms with van der Waals surface area (Å²) in [5, 5.41) is 16.1. The van der Waals surface area contributed by atoms with Crippen molar-refractivity contribution in [3.05, 3.63) is 53.6 Å². The zero-order valence-electron chi connectivity index (χ0n) is 20.1. The fourth-order valence-corrected chi connectivity index (χ4v) is 4.82. The molecular formula is C26H34FN5O3. The number of fused-ring (bicyclic) bond motifs is 1. The Bertz CT molecular complexity index is 1160. The van der Waals surface area contributed by atoms with Crippen molar-refractivity contribution < 1.29 is 19.0 Å². The van der Waals surface area contributed by atoms with E-state index in [4.69, 9.17) is 15.6 Å². The number of nitrogens with two attached hydrogens (primary N) is 1. The highest BCUT2D eigenvalue weighted by atomic mass is 19.1. The number of aryl methyl sites for hydroxylation is 1. The molecule has 8 nitrogen and oxygen atoms in total. The van der Waals surface area contributed by atoms with E-state index >= 15 is 0 Å². The van der Waals surface area contributed by atoms with E-state index < -0.39 is 11.4 Å². The summed E-state index contributed by atoms with van der Waals surface area (Å²) < 4.78 is 20.8. The van der Waals surface area contributed by atoms with Crippen molar-refractivity contribution in [1.29, 1.82) is 0 Å². The number of rotatable bonds is 10. The SMILES string of the molecule is Cc1c[nH]c2nccc(Oc3ccc(C[C@H](N)CNC4(C(=O)NCCO)CCCCC4)cc3F)c12. The summed E-state index contributed by atoms with van der Waals surface area (Å²) in [6.45, 7) is 2.50. The Morgan fingerprint density at radius 2 is 2.09 bits per heavy atom. The largest absolute Gasteiger partial charge is 0.453 e. The molecule has 6 N–H and O–H groups in total. The van der Waals surface area contributed by atoms with E-state index in [1.54, 1.807) is 18.3 Å². The lowest BCUT2D eigenvalue weighted by molar-refractivity contribution is -0.129. The first-order valence-corrected chi connectivity index (χ1v) is 12.2. The summed E-state index contributed by atoms with van der Waals surface area (Å²) in [5.41, 5.74) is 8.11. The third kappa shape index (κ3) is 5.80. The van der Waals surface area contributed by atoms with Crippen molar-refractivity contribution in [2.24, 2.45) is 5.73 Å². The number of aromatic nitrogens is 2. The van der Waals surface area contributed by atoms with E-state index in [-0.39, 0.29) is 30.9 Å². The van der Waals surface area contributed by atoms with E-state index in [0.29, 0.717) is 24.4 Å². The number of aromatic amines is 1. The highest BCUT2D eigenvalue weighted by Gasteiger charge is 2.39. The molecule has 1 atom stereocenters. The monoisotopic (exact) mass is 483 g/mol. The number of H-pyrrole nitrogens is 1. The lowest BCUT2D eigenvalue weighted by atomic mass is 9.80. The van der Waals surface area contributed by atoms with Gasteiger partial charge >= 0.3 is 0 Å². The maximum Gasteiger partial charge on any atom is 0.240 e. The number of hydrogen-bond donors (Lipinski definition) is 5. The molecule has 1 aliphatic carbocycles. The second-order valence-corrected chi connectivity index (χ2v) is 9.34.